The summed E-state index contributed by atoms with van der Waals surface area (Å²) in [5.41, 5.74) is 3.44. The quantitative estimate of drug-likeness (QED) is 0.447. The molecule has 30 heavy (non-hydrogen) atoms. The fourth-order valence-electron chi connectivity index (χ4n) is 3.45. The molecular weight excluding hydrogens is 402 g/mol. The maximum absolute atomic E-state index is 12.5. The first kappa shape index (κ1) is 20.2. The third-order valence-electron chi connectivity index (χ3n) is 4.91. The van der Waals surface area contributed by atoms with Crippen molar-refractivity contribution >= 4 is 20.9 Å². The van der Waals surface area contributed by atoms with Crippen LogP contribution in [-0.4, -0.2) is 25.1 Å². The maximum Gasteiger partial charge on any atom is 0.245 e. The number of rotatable bonds is 8. The van der Waals surface area contributed by atoms with E-state index in [2.05, 4.69) is 14.9 Å². The van der Waals surface area contributed by atoms with Crippen LogP contribution in [0.25, 0.3) is 10.9 Å². The molecule has 0 atom stereocenters. The molecule has 8 heteroatoms. The van der Waals surface area contributed by atoms with Gasteiger partial charge in [-0.05, 0) is 43.5 Å². The SMILES string of the molecule is Cc1noc(C)c1S(=O)(=O)NCCc1c[nH]c2cc(OCc3ccccc3)ccc12. The van der Waals surface area contributed by atoms with Crippen LogP contribution >= 0.6 is 0 Å². The summed E-state index contributed by atoms with van der Waals surface area (Å²) in [5.74, 6) is 1.06. The smallest absolute Gasteiger partial charge is 0.245 e. The van der Waals surface area contributed by atoms with Gasteiger partial charge in [-0.3, -0.25) is 0 Å². The van der Waals surface area contributed by atoms with Gasteiger partial charge in [0.05, 0.1) is 0 Å². The van der Waals surface area contributed by atoms with E-state index in [1.807, 2.05) is 54.7 Å². The molecular formula is C22H23N3O4S. The standard InChI is InChI=1S/C22H23N3O4S/c1-15-22(16(2)29-25-15)30(26,27)24-11-10-18-13-23-21-12-19(8-9-20(18)21)28-14-17-6-4-3-5-7-17/h3-9,12-13,23-24H,10-11,14H2,1-2H3. The molecule has 2 N–H and O–H groups in total. The number of hydrogen-bond acceptors (Lipinski definition) is 5. The highest BCUT2D eigenvalue weighted by molar-refractivity contribution is 7.89. The van der Waals surface area contributed by atoms with Gasteiger partial charge in [0.1, 0.15) is 22.9 Å². The number of fused-ring (bicyclic) bond motifs is 1. The van der Waals surface area contributed by atoms with Crippen LogP contribution in [0.3, 0.4) is 0 Å². The van der Waals surface area contributed by atoms with Crippen LogP contribution < -0.4 is 9.46 Å². The Balaban J connectivity index is 1.40. The number of sulfonamides is 1. The van der Waals surface area contributed by atoms with Crippen LogP contribution in [-0.2, 0) is 23.1 Å². The number of aromatic nitrogens is 2. The van der Waals surface area contributed by atoms with Crippen LogP contribution in [0.5, 0.6) is 5.75 Å². The van der Waals surface area contributed by atoms with E-state index in [1.54, 1.807) is 13.8 Å². The largest absolute Gasteiger partial charge is 0.489 e. The van der Waals surface area contributed by atoms with Crippen molar-refractivity contribution in [3.05, 3.63) is 77.3 Å². The predicted molar refractivity (Wildman–Crippen MR) is 114 cm³/mol. The summed E-state index contributed by atoms with van der Waals surface area (Å²) < 4.78 is 38.5. The predicted octanol–water partition coefficient (Wildman–Crippen LogP) is 3.87. The maximum atomic E-state index is 12.5. The van der Waals surface area contributed by atoms with Gasteiger partial charge in [0.25, 0.3) is 0 Å². The van der Waals surface area contributed by atoms with Gasteiger partial charge in [0.2, 0.25) is 10.0 Å². The second-order valence-corrected chi connectivity index (χ2v) is 8.80. The Labute approximate surface area is 175 Å². The van der Waals surface area contributed by atoms with Gasteiger partial charge in [-0.15, -0.1) is 0 Å². The lowest BCUT2D eigenvalue weighted by Gasteiger charge is -2.07. The Kier molecular flexibility index (Phi) is 5.61. The molecule has 0 unspecified atom stereocenters. The highest BCUT2D eigenvalue weighted by atomic mass is 32.2. The average Bonchev–Trinajstić information content (AvgIpc) is 3.29. The molecule has 0 spiro atoms. The fraction of sp³-hybridized carbons (Fsp3) is 0.227. The van der Waals surface area contributed by atoms with Crippen LogP contribution in [0, 0.1) is 13.8 Å². The van der Waals surface area contributed by atoms with Gasteiger partial charge < -0.3 is 14.2 Å². The molecule has 0 amide bonds. The minimum absolute atomic E-state index is 0.113. The van der Waals surface area contributed by atoms with E-state index in [0.29, 0.717) is 18.7 Å². The Bertz CT molecular complexity index is 1240. The number of H-pyrrole nitrogens is 1. The van der Waals surface area contributed by atoms with Crippen molar-refractivity contribution in [1.29, 1.82) is 0 Å². The minimum Gasteiger partial charge on any atom is -0.489 e. The second-order valence-electron chi connectivity index (χ2n) is 7.10. The molecule has 4 aromatic rings. The zero-order valence-corrected chi connectivity index (χ0v) is 17.6. The molecule has 0 saturated heterocycles. The topological polar surface area (TPSA) is 97.2 Å². The van der Waals surface area contributed by atoms with Gasteiger partial charge in [-0.25, -0.2) is 13.1 Å². The summed E-state index contributed by atoms with van der Waals surface area (Å²) in [6.45, 7) is 3.98. The first-order chi connectivity index (χ1) is 14.4. The normalized spacial score (nSPS) is 11.8. The van der Waals surface area contributed by atoms with Crippen molar-refractivity contribution < 1.29 is 17.7 Å². The van der Waals surface area contributed by atoms with Crippen molar-refractivity contribution in [2.75, 3.05) is 6.54 Å². The van der Waals surface area contributed by atoms with Gasteiger partial charge in [-0.1, -0.05) is 35.5 Å². The summed E-state index contributed by atoms with van der Waals surface area (Å²) in [6.07, 6.45) is 2.45. The Morgan fingerprint density at radius 3 is 2.67 bits per heavy atom. The first-order valence-corrected chi connectivity index (χ1v) is 11.1. The zero-order chi connectivity index (χ0) is 21.1. The summed E-state index contributed by atoms with van der Waals surface area (Å²) >= 11 is 0. The van der Waals surface area contributed by atoms with E-state index in [4.69, 9.17) is 9.26 Å². The number of aryl methyl sites for hydroxylation is 2. The summed E-state index contributed by atoms with van der Waals surface area (Å²) in [6, 6.07) is 15.9. The molecule has 156 valence electrons. The van der Waals surface area contributed by atoms with Crippen molar-refractivity contribution in [3.8, 4) is 5.75 Å². The van der Waals surface area contributed by atoms with Crippen molar-refractivity contribution in [3.63, 3.8) is 0 Å². The zero-order valence-electron chi connectivity index (χ0n) is 16.8. The number of aromatic amines is 1. The molecule has 0 bridgehead atoms. The van der Waals surface area contributed by atoms with E-state index in [9.17, 15) is 8.42 Å². The number of benzene rings is 2. The Morgan fingerprint density at radius 1 is 1.13 bits per heavy atom. The molecule has 0 fully saturated rings. The lowest BCUT2D eigenvalue weighted by molar-refractivity contribution is 0.306. The molecule has 7 nitrogen and oxygen atoms in total. The van der Waals surface area contributed by atoms with E-state index in [1.165, 1.54) is 0 Å². The van der Waals surface area contributed by atoms with Gasteiger partial charge in [0.15, 0.2) is 5.76 Å². The van der Waals surface area contributed by atoms with E-state index >= 15 is 0 Å². The van der Waals surface area contributed by atoms with Gasteiger partial charge >= 0.3 is 0 Å². The molecule has 0 aliphatic carbocycles. The number of nitrogens with zero attached hydrogens (tertiary/aromatic N) is 1. The molecule has 4 rings (SSSR count). The molecule has 0 aliphatic heterocycles. The minimum atomic E-state index is -3.66. The lowest BCUT2D eigenvalue weighted by Crippen LogP contribution is -2.26. The highest BCUT2D eigenvalue weighted by Gasteiger charge is 2.23. The van der Waals surface area contributed by atoms with Crippen molar-refractivity contribution in [2.24, 2.45) is 0 Å². The Morgan fingerprint density at radius 2 is 1.93 bits per heavy atom. The number of nitrogens with one attached hydrogen (secondary N) is 2. The summed E-state index contributed by atoms with van der Waals surface area (Å²) in [5, 5.41) is 4.75. The summed E-state index contributed by atoms with van der Waals surface area (Å²) in [4.78, 5) is 3.35. The average molecular weight is 426 g/mol. The summed E-state index contributed by atoms with van der Waals surface area (Å²) in [7, 11) is -3.66. The molecule has 0 saturated carbocycles. The molecule has 2 aromatic heterocycles. The van der Waals surface area contributed by atoms with Crippen LogP contribution in [0.1, 0.15) is 22.6 Å². The van der Waals surface area contributed by atoms with E-state index in [-0.39, 0.29) is 17.2 Å². The third kappa shape index (κ3) is 4.24. The fourth-order valence-corrected chi connectivity index (χ4v) is 4.81. The van der Waals surface area contributed by atoms with E-state index in [0.717, 1.165) is 27.8 Å². The highest BCUT2D eigenvalue weighted by Crippen LogP contribution is 2.25. The van der Waals surface area contributed by atoms with Crippen LogP contribution in [0.2, 0.25) is 0 Å². The molecule has 2 heterocycles. The van der Waals surface area contributed by atoms with Crippen LogP contribution in [0.15, 0.2) is 64.1 Å². The first-order valence-electron chi connectivity index (χ1n) is 9.63. The van der Waals surface area contributed by atoms with Crippen LogP contribution in [0.4, 0.5) is 0 Å². The van der Waals surface area contributed by atoms with E-state index < -0.39 is 10.0 Å². The third-order valence-corrected chi connectivity index (χ3v) is 6.61. The van der Waals surface area contributed by atoms with Crippen molar-refractivity contribution in [1.82, 2.24) is 14.9 Å². The van der Waals surface area contributed by atoms with Gasteiger partial charge in [-0.2, -0.15) is 0 Å². The molecule has 2 aromatic carbocycles. The second kappa shape index (κ2) is 8.33. The lowest BCUT2D eigenvalue weighted by atomic mass is 10.1. The van der Waals surface area contributed by atoms with Gasteiger partial charge in [0, 0.05) is 29.7 Å². The molecule has 0 aliphatic rings. The van der Waals surface area contributed by atoms with Crippen molar-refractivity contribution in [2.45, 2.75) is 31.8 Å². The monoisotopic (exact) mass is 425 g/mol. The number of hydrogen-bond donors (Lipinski definition) is 2. The number of ether oxygens (including phenoxy) is 1. The Hall–Kier alpha value is -3.10. The molecule has 0 radical (unpaired) electrons.